The molecule has 8 heteroatoms. The fourth-order valence-corrected chi connectivity index (χ4v) is 2.98. The van der Waals surface area contributed by atoms with Crippen molar-refractivity contribution in [2.45, 2.75) is 19.6 Å². The van der Waals surface area contributed by atoms with Crippen LogP contribution < -0.4 is 0 Å². The van der Waals surface area contributed by atoms with Crippen LogP contribution in [0.1, 0.15) is 23.4 Å². The predicted molar refractivity (Wildman–Crippen MR) is 101 cm³/mol. The van der Waals surface area contributed by atoms with Crippen LogP contribution in [-0.2, 0) is 6.42 Å². The molecule has 0 radical (unpaired) electrons. The third-order valence-corrected chi connectivity index (χ3v) is 4.65. The summed E-state index contributed by atoms with van der Waals surface area (Å²) in [6, 6.07) is 11.7. The molecule has 1 N–H and O–H groups in total. The van der Waals surface area contributed by atoms with Crippen molar-refractivity contribution >= 4 is 5.84 Å². The molecule has 0 aliphatic rings. The highest BCUT2D eigenvalue weighted by molar-refractivity contribution is 5.56. The molecular weight excluding hydrogens is 361 g/mol. The first kappa shape index (κ1) is 18.3. The van der Waals surface area contributed by atoms with Crippen LogP contribution in [0, 0.1) is 12.7 Å². The Bertz CT molecular complexity index is 1080. The topological polar surface area (TPSA) is 79.7 Å². The molecule has 0 fully saturated rings. The molecule has 0 amide bonds. The number of aryl methyl sites for hydroxylation is 1. The highest BCUT2D eigenvalue weighted by Gasteiger charge is 2.24. The largest absolute Gasteiger partial charge is 0.422 e. The molecule has 0 aliphatic carbocycles. The average Bonchev–Trinajstić information content (AvgIpc) is 3.26. The second-order valence-electron chi connectivity index (χ2n) is 6.61. The van der Waals surface area contributed by atoms with Crippen molar-refractivity contribution in [3.8, 4) is 11.4 Å². The highest BCUT2D eigenvalue weighted by Crippen LogP contribution is 2.26. The number of benzene rings is 1. The molecule has 3 aromatic heterocycles. The van der Waals surface area contributed by atoms with E-state index in [4.69, 9.17) is 4.42 Å². The number of aliphatic hydroxyl groups is 1. The van der Waals surface area contributed by atoms with Gasteiger partial charge in [0, 0.05) is 30.4 Å². The summed E-state index contributed by atoms with van der Waals surface area (Å²) in [4.78, 5) is 10.4. The van der Waals surface area contributed by atoms with E-state index in [-0.39, 0.29) is 11.7 Å². The molecule has 144 valence electrons. The Morgan fingerprint density at radius 3 is 2.68 bits per heavy atom. The molecule has 0 saturated carbocycles. The molecule has 28 heavy (non-hydrogen) atoms. The minimum absolute atomic E-state index is 0.281. The van der Waals surface area contributed by atoms with Crippen LogP contribution in [0.15, 0.2) is 53.1 Å². The average molecular weight is 381 g/mol. The van der Waals surface area contributed by atoms with Gasteiger partial charge in [0.1, 0.15) is 5.82 Å². The van der Waals surface area contributed by atoms with Gasteiger partial charge < -0.3 is 9.52 Å². The van der Waals surface area contributed by atoms with Crippen LogP contribution in [0.4, 0.5) is 4.39 Å². The Hall–Kier alpha value is -3.10. The molecule has 0 aliphatic heterocycles. The van der Waals surface area contributed by atoms with Crippen LogP contribution in [0.2, 0.25) is 0 Å². The third kappa shape index (κ3) is 3.51. The van der Waals surface area contributed by atoms with E-state index in [0.717, 1.165) is 5.69 Å². The van der Waals surface area contributed by atoms with Crippen LogP contribution in [-0.4, -0.2) is 43.2 Å². The summed E-state index contributed by atoms with van der Waals surface area (Å²) in [6.07, 6.45) is 1.53. The van der Waals surface area contributed by atoms with E-state index < -0.39 is 6.23 Å². The van der Waals surface area contributed by atoms with Crippen LogP contribution in [0.3, 0.4) is 0 Å². The predicted octanol–water partition coefficient (Wildman–Crippen LogP) is 3.00. The van der Waals surface area contributed by atoms with E-state index in [1.54, 1.807) is 27.7 Å². The smallest absolute Gasteiger partial charge is 0.325 e. The molecule has 0 spiro atoms. The lowest BCUT2D eigenvalue weighted by Gasteiger charge is -2.21. The summed E-state index contributed by atoms with van der Waals surface area (Å²) in [5.74, 6) is 0.793. The number of hydrogen-bond donors (Lipinski definition) is 1. The lowest BCUT2D eigenvalue weighted by Crippen LogP contribution is -2.27. The number of halogens is 1. The normalized spacial score (nSPS) is 12.8. The van der Waals surface area contributed by atoms with E-state index >= 15 is 0 Å². The maximum absolute atomic E-state index is 13.1. The van der Waals surface area contributed by atoms with Gasteiger partial charge in [-0.3, -0.25) is 9.88 Å². The van der Waals surface area contributed by atoms with Gasteiger partial charge in [0.15, 0.2) is 17.8 Å². The van der Waals surface area contributed by atoms with E-state index in [1.165, 1.54) is 12.1 Å². The Morgan fingerprint density at radius 2 is 2.00 bits per heavy atom. The van der Waals surface area contributed by atoms with Gasteiger partial charge in [0.2, 0.25) is 0 Å². The monoisotopic (exact) mass is 381 g/mol. The number of oxazole rings is 1. The number of rotatable bonds is 6. The van der Waals surface area contributed by atoms with E-state index in [0.29, 0.717) is 35.8 Å². The third-order valence-electron chi connectivity index (χ3n) is 4.65. The molecule has 1 atom stereocenters. The van der Waals surface area contributed by atoms with Crippen molar-refractivity contribution in [3.63, 3.8) is 0 Å². The van der Waals surface area contributed by atoms with Gasteiger partial charge in [0.05, 0.1) is 5.69 Å². The summed E-state index contributed by atoms with van der Waals surface area (Å²) < 4.78 is 20.4. The van der Waals surface area contributed by atoms with Crippen molar-refractivity contribution in [2.75, 3.05) is 13.6 Å². The summed E-state index contributed by atoms with van der Waals surface area (Å²) in [7, 11) is 1.82. The SMILES string of the molecule is Cc1c(C(O)N(C)CCc2ccccn2)oc2nc(-c3ccc(F)cc3)nn12. The molecule has 0 bridgehead atoms. The fraction of sp³-hybridized carbons (Fsp3) is 0.250. The molecule has 3 heterocycles. The maximum Gasteiger partial charge on any atom is 0.325 e. The van der Waals surface area contributed by atoms with Gasteiger partial charge in [-0.1, -0.05) is 6.07 Å². The Labute approximate surface area is 161 Å². The zero-order chi connectivity index (χ0) is 19.7. The summed E-state index contributed by atoms with van der Waals surface area (Å²) in [5.41, 5.74) is 2.31. The van der Waals surface area contributed by atoms with Gasteiger partial charge >= 0.3 is 5.84 Å². The number of likely N-dealkylation sites (N-methyl/N-ethyl adjacent to an activating group) is 1. The number of hydrogen-bond acceptors (Lipinski definition) is 6. The first-order valence-corrected chi connectivity index (χ1v) is 8.93. The molecule has 0 saturated heterocycles. The summed E-state index contributed by atoms with van der Waals surface area (Å²) in [6.45, 7) is 2.42. The highest BCUT2D eigenvalue weighted by atomic mass is 19.1. The summed E-state index contributed by atoms with van der Waals surface area (Å²) >= 11 is 0. The molecule has 7 nitrogen and oxygen atoms in total. The number of aliphatic hydroxyl groups excluding tert-OH is 1. The van der Waals surface area contributed by atoms with E-state index in [2.05, 4.69) is 15.1 Å². The van der Waals surface area contributed by atoms with Gasteiger partial charge in [-0.15, -0.1) is 5.10 Å². The second-order valence-corrected chi connectivity index (χ2v) is 6.61. The van der Waals surface area contributed by atoms with Crippen LogP contribution >= 0.6 is 0 Å². The quantitative estimate of drug-likeness (QED) is 0.517. The number of aromatic nitrogens is 4. The second kappa shape index (κ2) is 7.49. The zero-order valence-electron chi connectivity index (χ0n) is 15.6. The van der Waals surface area contributed by atoms with Crippen molar-refractivity contribution in [2.24, 2.45) is 0 Å². The van der Waals surface area contributed by atoms with Crippen molar-refractivity contribution in [1.82, 2.24) is 24.5 Å². The molecule has 1 unspecified atom stereocenters. The van der Waals surface area contributed by atoms with Gasteiger partial charge in [-0.05, 0) is 50.4 Å². The fourth-order valence-electron chi connectivity index (χ4n) is 2.98. The summed E-state index contributed by atoms with van der Waals surface area (Å²) in [5, 5.41) is 15.1. The van der Waals surface area contributed by atoms with Crippen LogP contribution in [0.25, 0.3) is 17.2 Å². The lowest BCUT2D eigenvalue weighted by molar-refractivity contribution is 0.00456. The van der Waals surface area contributed by atoms with Gasteiger partial charge in [-0.25, -0.2) is 4.39 Å². The Morgan fingerprint density at radius 1 is 1.21 bits per heavy atom. The lowest BCUT2D eigenvalue weighted by atomic mass is 10.2. The molecular formula is C20H20FN5O2. The van der Waals surface area contributed by atoms with Crippen LogP contribution in [0.5, 0.6) is 0 Å². The molecule has 4 aromatic rings. The number of pyridine rings is 1. The van der Waals surface area contributed by atoms with E-state index in [1.807, 2.05) is 32.2 Å². The molecule has 4 rings (SSSR count). The van der Waals surface area contributed by atoms with Crippen molar-refractivity contribution < 1.29 is 13.9 Å². The Kier molecular flexibility index (Phi) is 4.89. The van der Waals surface area contributed by atoms with Crippen molar-refractivity contribution in [3.05, 3.63) is 71.6 Å². The zero-order valence-corrected chi connectivity index (χ0v) is 15.6. The van der Waals surface area contributed by atoms with Gasteiger partial charge in [-0.2, -0.15) is 9.50 Å². The maximum atomic E-state index is 13.1. The van der Waals surface area contributed by atoms with E-state index in [9.17, 15) is 9.50 Å². The first-order chi connectivity index (χ1) is 13.5. The van der Waals surface area contributed by atoms with Crippen molar-refractivity contribution in [1.29, 1.82) is 0 Å². The minimum atomic E-state index is -0.929. The Balaban J connectivity index is 1.52. The standard InChI is InChI=1S/C20H20FN5O2/c1-13-17(19(27)25(2)12-10-16-5-3-4-11-22-16)28-20-23-18(24-26(13)20)14-6-8-15(21)9-7-14/h3-9,11,19,27H,10,12H2,1-2H3. The number of fused-ring (bicyclic) bond motifs is 1. The number of nitrogens with zero attached hydrogens (tertiary/aromatic N) is 5. The van der Waals surface area contributed by atoms with Gasteiger partial charge in [0.25, 0.3) is 0 Å². The molecule has 1 aromatic carbocycles. The first-order valence-electron chi connectivity index (χ1n) is 8.93. The minimum Gasteiger partial charge on any atom is -0.422 e.